The zero-order valence-electron chi connectivity index (χ0n) is 10.6. The second-order valence-corrected chi connectivity index (χ2v) is 5.33. The van der Waals surface area contributed by atoms with E-state index in [1.54, 1.807) is 6.26 Å². The van der Waals surface area contributed by atoms with Gasteiger partial charge in [-0.3, -0.25) is 4.79 Å². The molecule has 3 nitrogen and oxygen atoms in total. The minimum atomic E-state index is 0.109. The van der Waals surface area contributed by atoms with E-state index in [9.17, 15) is 4.79 Å². The zero-order chi connectivity index (χ0) is 12.8. The van der Waals surface area contributed by atoms with E-state index in [4.69, 9.17) is 4.42 Å². The molecule has 1 fully saturated rings. The fraction of sp³-hybridized carbons (Fsp3) is 0.312. The first kappa shape index (κ1) is 10.9. The molecule has 2 aromatic rings. The number of para-hydroxylation sites is 1. The van der Waals surface area contributed by atoms with Gasteiger partial charge in [0, 0.05) is 24.1 Å². The fourth-order valence-corrected chi connectivity index (χ4v) is 3.05. The molecule has 0 radical (unpaired) electrons. The number of fused-ring (bicyclic) bond motifs is 1. The molecule has 1 aromatic carbocycles. The number of anilines is 1. The van der Waals surface area contributed by atoms with Gasteiger partial charge in [-0.05, 0) is 36.6 Å². The Hall–Kier alpha value is -2.03. The predicted molar refractivity (Wildman–Crippen MR) is 72.1 cm³/mol. The molecule has 19 heavy (non-hydrogen) atoms. The molecule has 2 aliphatic rings. The van der Waals surface area contributed by atoms with Gasteiger partial charge < -0.3 is 9.32 Å². The molecule has 4 rings (SSSR count). The van der Waals surface area contributed by atoms with Gasteiger partial charge in [0.2, 0.25) is 5.91 Å². The smallest absolute Gasteiger partial charge is 0.230 e. The molecule has 2 atom stereocenters. The Bertz CT molecular complexity index is 617. The summed E-state index contributed by atoms with van der Waals surface area (Å²) in [5.74, 6) is 1.60. The van der Waals surface area contributed by atoms with Gasteiger partial charge in [0.05, 0.1) is 6.26 Å². The third kappa shape index (κ3) is 1.69. The van der Waals surface area contributed by atoms with E-state index in [1.165, 1.54) is 5.56 Å². The summed E-state index contributed by atoms with van der Waals surface area (Å²) in [6, 6.07) is 12.1. The molecule has 1 saturated carbocycles. The van der Waals surface area contributed by atoms with Crippen molar-refractivity contribution in [2.75, 3.05) is 11.4 Å². The molecule has 1 amide bonds. The van der Waals surface area contributed by atoms with Crippen LogP contribution in [0.3, 0.4) is 0 Å². The molecule has 1 aliphatic heterocycles. The van der Waals surface area contributed by atoms with Crippen LogP contribution in [0.1, 0.15) is 23.7 Å². The first-order valence-electron chi connectivity index (χ1n) is 6.77. The topological polar surface area (TPSA) is 33.5 Å². The Balaban J connectivity index is 1.54. The third-order valence-electron chi connectivity index (χ3n) is 4.17. The van der Waals surface area contributed by atoms with E-state index < -0.39 is 0 Å². The van der Waals surface area contributed by atoms with E-state index >= 15 is 0 Å². The highest BCUT2D eigenvalue weighted by atomic mass is 16.3. The monoisotopic (exact) mass is 253 g/mol. The van der Waals surface area contributed by atoms with Crippen molar-refractivity contribution < 1.29 is 9.21 Å². The summed E-state index contributed by atoms with van der Waals surface area (Å²) in [4.78, 5) is 14.5. The standard InChI is InChI=1S/C16H15NO2/c18-16(13-10-12(13)15-6-3-9-19-15)17-8-7-11-4-1-2-5-14(11)17/h1-6,9,12-13H,7-8,10H2. The van der Waals surface area contributed by atoms with Crippen LogP contribution in [0.15, 0.2) is 47.1 Å². The number of hydrogen-bond acceptors (Lipinski definition) is 2. The molecular weight excluding hydrogens is 238 g/mol. The number of rotatable bonds is 2. The van der Waals surface area contributed by atoms with Crippen molar-refractivity contribution in [3.05, 3.63) is 54.0 Å². The number of nitrogens with zero attached hydrogens (tertiary/aromatic N) is 1. The quantitative estimate of drug-likeness (QED) is 0.824. The van der Waals surface area contributed by atoms with Crippen molar-refractivity contribution in [1.82, 2.24) is 0 Å². The lowest BCUT2D eigenvalue weighted by molar-refractivity contribution is -0.119. The van der Waals surface area contributed by atoms with Gasteiger partial charge in [-0.2, -0.15) is 0 Å². The van der Waals surface area contributed by atoms with Gasteiger partial charge in [0.1, 0.15) is 5.76 Å². The first-order valence-corrected chi connectivity index (χ1v) is 6.77. The van der Waals surface area contributed by atoms with Gasteiger partial charge in [0.25, 0.3) is 0 Å². The van der Waals surface area contributed by atoms with Crippen LogP contribution >= 0.6 is 0 Å². The summed E-state index contributed by atoms with van der Waals surface area (Å²) in [5.41, 5.74) is 2.38. The molecule has 0 bridgehead atoms. The lowest BCUT2D eigenvalue weighted by Crippen LogP contribution is -2.30. The van der Waals surface area contributed by atoms with E-state index in [0.29, 0.717) is 0 Å². The highest BCUT2D eigenvalue weighted by Crippen LogP contribution is 2.49. The minimum absolute atomic E-state index is 0.109. The van der Waals surface area contributed by atoms with Crippen molar-refractivity contribution in [2.24, 2.45) is 5.92 Å². The summed E-state index contributed by atoms with van der Waals surface area (Å²) in [6.45, 7) is 0.819. The lowest BCUT2D eigenvalue weighted by Gasteiger charge is -2.17. The summed E-state index contributed by atoms with van der Waals surface area (Å²) in [5, 5.41) is 0. The van der Waals surface area contributed by atoms with Crippen LogP contribution < -0.4 is 4.90 Å². The summed E-state index contributed by atoms with van der Waals surface area (Å²) >= 11 is 0. The number of furan rings is 1. The summed E-state index contributed by atoms with van der Waals surface area (Å²) in [6.07, 6.45) is 3.57. The van der Waals surface area contributed by atoms with Crippen molar-refractivity contribution in [3.63, 3.8) is 0 Å². The second kappa shape index (κ2) is 3.98. The van der Waals surface area contributed by atoms with Crippen LogP contribution in [0.4, 0.5) is 5.69 Å². The van der Waals surface area contributed by atoms with Crippen molar-refractivity contribution in [3.8, 4) is 0 Å². The van der Waals surface area contributed by atoms with Crippen LogP contribution in [0.2, 0.25) is 0 Å². The Morgan fingerprint density at radius 3 is 2.95 bits per heavy atom. The molecule has 1 aromatic heterocycles. The normalized spacial score (nSPS) is 24.3. The Morgan fingerprint density at radius 2 is 2.11 bits per heavy atom. The summed E-state index contributed by atoms with van der Waals surface area (Å²) in [7, 11) is 0. The molecule has 96 valence electrons. The second-order valence-electron chi connectivity index (χ2n) is 5.33. The molecule has 1 aliphatic carbocycles. The van der Waals surface area contributed by atoms with Crippen LogP contribution in [-0.4, -0.2) is 12.5 Å². The average Bonchev–Trinajstić information content (AvgIpc) is 2.90. The molecular formula is C16H15NO2. The Morgan fingerprint density at radius 1 is 1.21 bits per heavy atom. The van der Waals surface area contributed by atoms with Crippen molar-refractivity contribution >= 4 is 11.6 Å². The lowest BCUT2D eigenvalue weighted by atomic mass is 10.2. The van der Waals surface area contributed by atoms with Crippen LogP contribution in [0, 0.1) is 5.92 Å². The maximum absolute atomic E-state index is 12.6. The number of carbonyl (C=O) groups is 1. The third-order valence-corrected chi connectivity index (χ3v) is 4.17. The van der Waals surface area contributed by atoms with Crippen LogP contribution in [0.25, 0.3) is 0 Å². The molecule has 0 N–H and O–H groups in total. The molecule has 0 saturated heterocycles. The van der Waals surface area contributed by atoms with E-state index in [2.05, 4.69) is 6.07 Å². The van der Waals surface area contributed by atoms with Crippen molar-refractivity contribution in [1.29, 1.82) is 0 Å². The molecule has 3 heteroatoms. The van der Waals surface area contributed by atoms with Gasteiger partial charge in [-0.15, -0.1) is 0 Å². The Kier molecular flexibility index (Phi) is 2.28. The van der Waals surface area contributed by atoms with E-state index in [1.807, 2.05) is 35.2 Å². The Labute approximate surface area is 111 Å². The van der Waals surface area contributed by atoms with Gasteiger partial charge in [0.15, 0.2) is 0 Å². The average molecular weight is 253 g/mol. The maximum Gasteiger partial charge on any atom is 0.230 e. The van der Waals surface area contributed by atoms with Crippen LogP contribution in [-0.2, 0) is 11.2 Å². The van der Waals surface area contributed by atoms with E-state index in [-0.39, 0.29) is 17.7 Å². The molecule has 2 unspecified atom stereocenters. The highest BCUT2D eigenvalue weighted by molar-refractivity contribution is 5.99. The number of benzene rings is 1. The predicted octanol–water partition coefficient (Wildman–Crippen LogP) is 2.97. The molecule has 0 spiro atoms. The highest BCUT2D eigenvalue weighted by Gasteiger charge is 2.48. The number of amides is 1. The SMILES string of the molecule is O=C(C1CC1c1ccco1)N1CCc2ccccc21. The number of carbonyl (C=O) groups excluding carboxylic acids is 1. The van der Waals surface area contributed by atoms with Gasteiger partial charge >= 0.3 is 0 Å². The summed E-state index contributed by atoms with van der Waals surface area (Å²) < 4.78 is 5.40. The van der Waals surface area contributed by atoms with E-state index in [0.717, 1.165) is 30.8 Å². The van der Waals surface area contributed by atoms with Crippen molar-refractivity contribution in [2.45, 2.75) is 18.8 Å². The minimum Gasteiger partial charge on any atom is -0.469 e. The largest absolute Gasteiger partial charge is 0.469 e. The zero-order valence-corrected chi connectivity index (χ0v) is 10.6. The van der Waals surface area contributed by atoms with Gasteiger partial charge in [-0.25, -0.2) is 0 Å². The first-order chi connectivity index (χ1) is 9.34. The maximum atomic E-state index is 12.6. The molecule has 2 heterocycles. The fourth-order valence-electron chi connectivity index (χ4n) is 3.05. The number of hydrogen-bond donors (Lipinski definition) is 0. The van der Waals surface area contributed by atoms with Gasteiger partial charge in [-0.1, -0.05) is 18.2 Å². The van der Waals surface area contributed by atoms with Crippen LogP contribution in [0.5, 0.6) is 0 Å².